The summed E-state index contributed by atoms with van der Waals surface area (Å²) >= 11 is 3.30. The number of nitrogens with zero attached hydrogens (tertiary/aromatic N) is 5. The smallest absolute Gasteiger partial charge is 0.198 e. The van der Waals surface area contributed by atoms with Crippen LogP contribution in [0.1, 0.15) is 18.9 Å². The summed E-state index contributed by atoms with van der Waals surface area (Å²) in [5.41, 5.74) is 2.04. The second kappa shape index (κ2) is 5.68. The van der Waals surface area contributed by atoms with Crippen molar-refractivity contribution in [3.63, 3.8) is 0 Å². The van der Waals surface area contributed by atoms with Gasteiger partial charge in [-0.3, -0.25) is 9.55 Å². The zero-order chi connectivity index (χ0) is 15.9. The Hall–Kier alpha value is -2.25. The Morgan fingerprint density at radius 1 is 1.08 bits per heavy atom. The number of pyridine rings is 1. The van der Waals surface area contributed by atoms with E-state index in [2.05, 4.69) is 25.8 Å². The summed E-state index contributed by atoms with van der Waals surface area (Å²) in [5, 5.41) is 9.77. The molecule has 118 valence electrons. The van der Waals surface area contributed by atoms with Crippen molar-refractivity contribution in [3.8, 4) is 11.4 Å². The van der Waals surface area contributed by atoms with Gasteiger partial charge in [0, 0.05) is 24.0 Å². The molecule has 0 N–H and O–H groups in total. The number of rotatable bonds is 4. The van der Waals surface area contributed by atoms with E-state index in [4.69, 9.17) is 4.98 Å². The highest BCUT2D eigenvalue weighted by Gasteiger charge is 2.30. The summed E-state index contributed by atoms with van der Waals surface area (Å²) < 4.78 is 4.45. The van der Waals surface area contributed by atoms with Gasteiger partial charge in [-0.15, -0.1) is 21.5 Å². The van der Waals surface area contributed by atoms with Crippen LogP contribution in [0.5, 0.6) is 0 Å². The minimum atomic E-state index is 0.493. The summed E-state index contributed by atoms with van der Waals surface area (Å²) in [6.07, 6.45) is 5.98. The maximum atomic E-state index is 4.70. The molecule has 0 saturated heterocycles. The molecule has 4 aromatic rings. The van der Waals surface area contributed by atoms with Crippen LogP contribution in [0, 0.1) is 0 Å². The predicted octanol–water partition coefficient (Wildman–Crippen LogP) is 4.44. The largest absolute Gasteiger partial charge is 0.299 e. The Morgan fingerprint density at radius 3 is 2.79 bits per heavy atom. The van der Waals surface area contributed by atoms with Crippen molar-refractivity contribution in [3.05, 3.63) is 48.8 Å². The van der Waals surface area contributed by atoms with Crippen LogP contribution in [0.4, 0.5) is 0 Å². The van der Waals surface area contributed by atoms with E-state index in [1.807, 2.05) is 36.5 Å². The standard InChI is InChI=1S/C17H13N5S2/c1-2-6-14-13(5-1)19-17(23-14)24-16-21-20-15(22(16)12-7-8-12)11-4-3-9-18-10-11/h1-6,9-10,12H,7-8H2. The second-order valence-corrected chi connectivity index (χ2v) is 7.94. The fourth-order valence-electron chi connectivity index (χ4n) is 2.67. The van der Waals surface area contributed by atoms with Crippen molar-refractivity contribution in [2.24, 2.45) is 0 Å². The molecule has 1 fully saturated rings. The average Bonchev–Trinajstić information content (AvgIpc) is 3.24. The molecule has 0 atom stereocenters. The van der Waals surface area contributed by atoms with E-state index in [-0.39, 0.29) is 0 Å². The molecule has 5 nitrogen and oxygen atoms in total. The summed E-state index contributed by atoms with van der Waals surface area (Å²) in [4.78, 5) is 8.90. The molecule has 0 aliphatic heterocycles. The first-order chi connectivity index (χ1) is 11.9. The minimum absolute atomic E-state index is 0.493. The van der Waals surface area contributed by atoms with Crippen molar-refractivity contribution >= 4 is 33.3 Å². The molecule has 7 heteroatoms. The lowest BCUT2D eigenvalue weighted by Crippen LogP contribution is -1.99. The van der Waals surface area contributed by atoms with Crippen LogP contribution in [0.25, 0.3) is 21.6 Å². The number of hydrogen-bond donors (Lipinski definition) is 0. The lowest BCUT2D eigenvalue weighted by Gasteiger charge is -2.07. The Morgan fingerprint density at radius 2 is 2.00 bits per heavy atom. The fourth-order valence-corrected chi connectivity index (χ4v) is 4.75. The van der Waals surface area contributed by atoms with Crippen molar-refractivity contribution in [1.82, 2.24) is 24.7 Å². The van der Waals surface area contributed by atoms with Crippen molar-refractivity contribution in [2.75, 3.05) is 0 Å². The third-order valence-corrected chi connectivity index (χ3v) is 6.01. The van der Waals surface area contributed by atoms with Crippen LogP contribution < -0.4 is 0 Å². The van der Waals surface area contributed by atoms with Crippen LogP contribution in [-0.4, -0.2) is 24.7 Å². The molecule has 3 aromatic heterocycles. The lowest BCUT2D eigenvalue weighted by molar-refractivity contribution is 0.669. The van der Waals surface area contributed by atoms with Crippen molar-refractivity contribution in [1.29, 1.82) is 0 Å². The van der Waals surface area contributed by atoms with Gasteiger partial charge in [0.1, 0.15) is 0 Å². The summed E-state index contributed by atoms with van der Waals surface area (Å²) in [6, 6.07) is 12.7. The Bertz CT molecular complexity index is 971. The monoisotopic (exact) mass is 351 g/mol. The third kappa shape index (κ3) is 2.50. The van der Waals surface area contributed by atoms with E-state index in [1.54, 1.807) is 29.3 Å². The molecule has 0 unspecified atom stereocenters. The number of para-hydroxylation sites is 1. The highest BCUT2D eigenvalue weighted by atomic mass is 32.2. The maximum Gasteiger partial charge on any atom is 0.198 e. The predicted molar refractivity (Wildman–Crippen MR) is 95.3 cm³/mol. The topological polar surface area (TPSA) is 56.5 Å². The zero-order valence-corrected chi connectivity index (χ0v) is 14.3. The van der Waals surface area contributed by atoms with E-state index in [1.165, 1.54) is 17.5 Å². The molecule has 0 amide bonds. The molecule has 1 saturated carbocycles. The molecular formula is C17H13N5S2. The molecule has 5 rings (SSSR count). The van der Waals surface area contributed by atoms with Crippen molar-refractivity contribution < 1.29 is 0 Å². The number of thiazole rings is 1. The van der Waals surface area contributed by atoms with Crippen LogP contribution in [-0.2, 0) is 0 Å². The first-order valence-corrected chi connectivity index (χ1v) is 9.40. The molecule has 0 spiro atoms. The average molecular weight is 351 g/mol. The minimum Gasteiger partial charge on any atom is -0.299 e. The summed E-state index contributed by atoms with van der Waals surface area (Å²) in [6.45, 7) is 0. The fraction of sp³-hybridized carbons (Fsp3) is 0.176. The van der Waals surface area contributed by atoms with Gasteiger partial charge >= 0.3 is 0 Å². The highest BCUT2D eigenvalue weighted by molar-refractivity contribution is 8.01. The van der Waals surface area contributed by atoms with Crippen LogP contribution in [0.3, 0.4) is 0 Å². The first kappa shape index (κ1) is 14.1. The molecule has 3 heterocycles. The molecule has 1 aromatic carbocycles. The van der Waals surface area contributed by atoms with Gasteiger partial charge in [0.2, 0.25) is 0 Å². The third-order valence-electron chi connectivity index (χ3n) is 3.95. The Kier molecular flexibility index (Phi) is 3.34. The number of benzene rings is 1. The Balaban J connectivity index is 1.55. The lowest BCUT2D eigenvalue weighted by atomic mass is 10.3. The van der Waals surface area contributed by atoms with Gasteiger partial charge in [-0.2, -0.15) is 0 Å². The quantitative estimate of drug-likeness (QED) is 0.544. The van der Waals surface area contributed by atoms with Crippen LogP contribution in [0.2, 0.25) is 0 Å². The molecular weight excluding hydrogens is 338 g/mol. The van der Waals surface area contributed by atoms with Gasteiger partial charge in [-0.05, 0) is 48.9 Å². The van der Waals surface area contributed by atoms with Gasteiger partial charge in [0.05, 0.1) is 10.2 Å². The SMILES string of the molecule is c1cncc(-c2nnc(Sc3nc4ccccc4s3)n2C2CC2)c1. The van der Waals surface area contributed by atoms with E-state index < -0.39 is 0 Å². The Labute approximate surface area is 146 Å². The second-order valence-electron chi connectivity index (χ2n) is 5.70. The number of hydrogen-bond acceptors (Lipinski definition) is 6. The first-order valence-electron chi connectivity index (χ1n) is 7.77. The maximum absolute atomic E-state index is 4.70. The van der Waals surface area contributed by atoms with E-state index in [9.17, 15) is 0 Å². The van der Waals surface area contributed by atoms with Gasteiger partial charge in [-0.25, -0.2) is 4.98 Å². The van der Waals surface area contributed by atoms with Crippen molar-refractivity contribution in [2.45, 2.75) is 28.4 Å². The van der Waals surface area contributed by atoms with E-state index in [0.717, 1.165) is 26.4 Å². The molecule has 0 radical (unpaired) electrons. The molecule has 0 bridgehead atoms. The van der Waals surface area contributed by atoms with Gasteiger partial charge in [-0.1, -0.05) is 12.1 Å². The number of aromatic nitrogens is 5. The van der Waals surface area contributed by atoms with E-state index >= 15 is 0 Å². The highest BCUT2D eigenvalue weighted by Crippen LogP contribution is 2.43. The van der Waals surface area contributed by atoms with Gasteiger partial charge < -0.3 is 0 Å². The zero-order valence-electron chi connectivity index (χ0n) is 12.7. The summed E-state index contributed by atoms with van der Waals surface area (Å²) in [7, 11) is 0. The molecule has 24 heavy (non-hydrogen) atoms. The van der Waals surface area contributed by atoms with Crippen LogP contribution in [0.15, 0.2) is 58.3 Å². The summed E-state index contributed by atoms with van der Waals surface area (Å²) in [5.74, 6) is 0.897. The van der Waals surface area contributed by atoms with Gasteiger partial charge in [0.25, 0.3) is 0 Å². The molecule has 1 aliphatic rings. The van der Waals surface area contributed by atoms with E-state index in [0.29, 0.717) is 6.04 Å². The van der Waals surface area contributed by atoms with Crippen LogP contribution >= 0.6 is 23.1 Å². The molecule has 1 aliphatic carbocycles. The van der Waals surface area contributed by atoms with Gasteiger partial charge in [0.15, 0.2) is 15.3 Å². The normalized spacial score (nSPS) is 14.3. The number of fused-ring (bicyclic) bond motifs is 1.